The Hall–Kier alpha value is -1.47. The Bertz CT molecular complexity index is 578. The van der Waals surface area contributed by atoms with Gasteiger partial charge in [-0.25, -0.2) is 4.98 Å². The lowest BCUT2D eigenvalue weighted by Crippen LogP contribution is -2.58. The number of rotatable bonds is 2. The summed E-state index contributed by atoms with van der Waals surface area (Å²) in [6.45, 7) is 6.23. The van der Waals surface area contributed by atoms with Gasteiger partial charge in [-0.15, -0.1) is 11.3 Å². The van der Waals surface area contributed by atoms with Crippen molar-refractivity contribution in [2.45, 2.75) is 38.8 Å². The number of likely N-dealkylation sites (tertiary alicyclic amines) is 1. The third kappa shape index (κ3) is 3.15. The van der Waals surface area contributed by atoms with Crippen molar-refractivity contribution >= 4 is 23.2 Å². The van der Waals surface area contributed by atoms with E-state index < -0.39 is 0 Å². The maximum Gasteiger partial charge on any atom is 0.249 e. The molecule has 0 aromatic carbocycles. The number of carbonyl (C=O) groups excluding carboxylic acids is 2. The molecule has 2 aliphatic rings. The van der Waals surface area contributed by atoms with Crippen molar-refractivity contribution in [3.8, 4) is 0 Å². The van der Waals surface area contributed by atoms with Gasteiger partial charge in [-0.2, -0.15) is 0 Å². The lowest BCUT2D eigenvalue weighted by Gasteiger charge is -2.46. The molecule has 0 radical (unpaired) electrons. The van der Waals surface area contributed by atoms with Crippen LogP contribution < -0.4 is 0 Å². The van der Waals surface area contributed by atoms with Crippen LogP contribution in [0.3, 0.4) is 0 Å². The summed E-state index contributed by atoms with van der Waals surface area (Å²) in [7, 11) is 0. The molecule has 22 heavy (non-hydrogen) atoms. The number of piperidine rings is 1. The van der Waals surface area contributed by atoms with Crippen molar-refractivity contribution in [1.82, 2.24) is 14.8 Å². The van der Waals surface area contributed by atoms with Crippen molar-refractivity contribution in [2.75, 3.05) is 26.2 Å². The molecule has 2 saturated heterocycles. The second-order valence-corrected chi connectivity index (χ2v) is 7.15. The normalized spacial score (nSPS) is 21.5. The molecule has 120 valence electrons. The molecule has 1 aromatic heterocycles. The molecule has 0 bridgehead atoms. The van der Waals surface area contributed by atoms with Crippen LogP contribution in [-0.2, 0) is 20.9 Å². The molecular formula is C15H21N3O3S. The van der Waals surface area contributed by atoms with Gasteiger partial charge in [0.25, 0.3) is 0 Å². The summed E-state index contributed by atoms with van der Waals surface area (Å²) in [6, 6.07) is 0. The average Bonchev–Trinajstić information content (AvgIpc) is 2.89. The molecule has 1 aromatic rings. The number of thiazole rings is 1. The van der Waals surface area contributed by atoms with Gasteiger partial charge in [-0.3, -0.25) is 9.59 Å². The van der Waals surface area contributed by atoms with Crippen LogP contribution in [0.4, 0.5) is 0 Å². The Morgan fingerprint density at radius 2 is 2.18 bits per heavy atom. The molecule has 3 rings (SSSR count). The van der Waals surface area contributed by atoms with Crippen molar-refractivity contribution in [1.29, 1.82) is 0 Å². The zero-order valence-corrected chi connectivity index (χ0v) is 13.8. The fraction of sp³-hybridized carbons (Fsp3) is 0.667. The van der Waals surface area contributed by atoms with E-state index in [0.29, 0.717) is 26.2 Å². The van der Waals surface area contributed by atoms with Crippen molar-refractivity contribution in [3.63, 3.8) is 0 Å². The summed E-state index contributed by atoms with van der Waals surface area (Å²) in [5.74, 6) is 0.127. The van der Waals surface area contributed by atoms with Crippen LogP contribution in [0.15, 0.2) is 5.38 Å². The molecule has 7 heteroatoms. The number of ether oxygens (including phenoxy) is 1. The fourth-order valence-electron chi connectivity index (χ4n) is 3.14. The number of nitrogens with zero attached hydrogens (tertiary/aromatic N) is 3. The highest BCUT2D eigenvalue weighted by molar-refractivity contribution is 7.09. The molecule has 1 spiro atoms. The van der Waals surface area contributed by atoms with E-state index in [4.69, 9.17) is 4.74 Å². The maximum absolute atomic E-state index is 12.1. The van der Waals surface area contributed by atoms with Gasteiger partial charge in [0.15, 0.2) is 0 Å². The van der Waals surface area contributed by atoms with Gasteiger partial charge in [0.1, 0.15) is 6.61 Å². The zero-order chi connectivity index (χ0) is 15.7. The van der Waals surface area contributed by atoms with E-state index in [1.54, 1.807) is 18.3 Å². The van der Waals surface area contributed by atoms with Crippen molar-refractivity contribution < 1.29 is 14.3 Å². The summed E-state index contributed by atoms with van der Waals surface area (Å²) in [5, 5.41) is 3.02. The SMILES string of the molecule is CC(=O)N1CCC2(CC1)CN(Cc1csc(C)n1)C(=O)CO2. The number of morpholine rings is 1. The van der Waals surface area contributed by atoms with Crippen LogP contribution in [0.5, 0.6) is 0 Å². The monoisotopic (exact) mass is 323 g/mol. The predicted molar refractivity (Wildman–Crippen MR) is 82.4 cm³/mol. The highest BCUT2D eigenvalue weighted by Gasteiger charge is 2.42. The summed E-state index contributed by atoms with van der Waals surface area (Å²) in [4.78, 5) is 31.7. The molecule has 2 amide bonds. The minimum atomic E-state index is -0.301. The standard InChI is InChI=1S/C15H21N3O3S/c1-11-16-13(9-22-11)7-18-10-15(21-8-14(18)20)3-5-17(6-4-15)12(2)19/h9H,3-8,10H2,1-2H3. The van der Waals surface area contributed by atoms with Gasteiger partial charge in [0.2, 0.25) is 11.8 Å². The third-order valence-corrected chi connectivity index (χ3v) is 5.30. The van der Waals surface area contributed by atoms with Gasteiger partial charge in [-0.1, -0.05) is 0 Å². The topological polar surface area (TPSA) is 62.7 Å². The minimum Gasteiger partial charge on any atom is -0.363 e. The minimum absolute atomic E-state index is 0.0188. The summed E-state index contributed by atoms with van der Waals surface area (Å²) < 4.78 is 5.87. The lowest BCUT2D eigenvalue weighted by molar-refractivity contribution is -0.174. The lowest BCUT2D eigenvalue weighted by atomic mass is 9.89. The molecule has 0 saturated carbocycles. The molecule has 0 unspecified atom stereocenters. The van der Waals surface area contributed by atoms with Gasteiger partial charge >= 0.3 is 0 Å². The number of hydrogen-bond acceptors (Lipinski definition) is 5. The maximum atomic E-state index is 12.1. The number of hydrogen-bond donors (Lipinski definition) is 0. The van der Waals surface area contributed by atoms with E-state index in [0.717, 1.165) is 23.5 Å². The first-order valence-corrected chi connectivity index (χ1v) is 8.44. The second kappa shape index (κ2) is 5.96. The molecular weight excluding hydrogens is 302 g/mol. The van der Waals surface area contributed by atoms with Gasteiger partial charge < -0.3 is 14.5 Å². The molecule has 3 heterocycles. The van der Waals surface area contributed by atoms with Crippen LogP contribution in [0.1, 0.15) is 30.5 Å². The van der Waals surface area contributed by atoms with Crippen LogP contribution in [0.2, 0.25) is 0 Å². The summed E-state index contributed by atoms with van der Waals surface area (Å²) in [5.41, 5.74) is 0.638. The summed E-state index contributed by atoms with van der Waals surface area (Å²) in [6.07, 6.45) is 1.57. The Morgan fingerprint density at radius 1 is 1.45 bits per heavy atom. The van der Waals surface area contributed by atoms with Gasteiger partial charge in [-0.05, 0) is 19.8 Å². The Kier molecular flexibility index (Phi) is 4.18. The number of aryl methyl sites for hydroxylation is 1. The highest BCUT2D eigenvalue weighted by Crippen LogP contribution is 2.31. The Morgan fingerprint density at radius 3 is 2.77 bits per heavy atom. The second-order valence-electron chi connectivity index (χ2n) is 6.09. The zero-order valence-electron chi connectivity index (χ0n) is 13.0. The quantitative estimate of drug-likeness (QED) is 0.820. The van der Waals surface area contributed by atoms with E-state index in [9.17, 15) is 9.59 Å². The number of aromatic nitrogens is 1. The van der Waals surface area contributed by atoms with Crippen LogP contribution in [0, 0.1) is 6.92 Å². The van der Waals surface area contributed by atoms with Crippen LogP contribution >= 0.6 is 11.3 Å². The third-order valence-electron chi connectivity index (χ3n) is 4.47. The van der Waals surface area contributed by atoms with E-state index in [2.05, 4.69) is 4.98 Å². The molecule has 0 atom stereocenters. The van der Waals surface area contributed by atoms with Gasteiger partial charge in [0, 0.05) is 25.4 Å². The first-order valence-electron chi connectivity index (χ1n) is 7.56. The van der Waals surface area contributed by atoms with Crippen LogP contribution in [0.25, 0.3) is 0 Å². The smallest absolute Gasteiger partial charge is 0.249 e. The van der Waals surface area contributed by atoms with Crippen molar-refractivity contribution in [2.24, 2.45) is 0 Å². The molecule has 2 aliphatic heterocycles. The van der Waals surface area contributed by atoms with Gasteiger partial charge in [0.05, 0.1) is 29.4 Å². The first-order chi connectivity index (χ1) is 10.5. The first kappa shape index (κ1) is 15.4. The average molecular weight is 323 g/mol. The Balaban J connectivity index is 1.66. The van der Waals surface area contributed by atoms with E-state index >= 15 is 0 Å². The van der Waals surface area contributed by atoms with E-state index in [-0.39, 0.29) is 24.0 Å². The molecule has 0 aliphatic carbocycles. The fourth-order valence-corrected chi connectivity index (χ4v) is 3.74. The molecule has 2 fully saturated rings. The Labute approximate surface area is 134 Å². The molecule has 6 nitrogen and oxygen atoms in total. The van der Waals surface area contributed by atoms with E-state index in [1.165, 1.54) is 0 Å². The number of amides is 2. The number of carbonyl (C=O) groups is 2. The highest BCUT2D eigenvalue weighted by atomic mass is 32.1. The molecule has 0 N–H and O–H groups in total. The predicted octanol–water partition coefficient (Wildman–Crippen LogP) is 1.19. The summed E-state index contributed by atoms with van der Waals surface area (Å²) >= 11 is 1.60. The van der Waals surface area contributed by atoms with Crippen LogP contribution in [-0.4, -0.2) is 58.4 Å². The van der Waals surface area contributed by atoms with Crippen molar-refractivity contribution in [3.05, 3.63) is 16.1 Å². The van der Waals surface area contributed by atoms with E-state index in [1.807, 2.05) is 22.1 Å². The largest absolute Gasteiger partial charge is 0.363 e.